The van der Waals surface area contributed by atoms with Gasteiger partial charge >= 0.3 is 0 Å². The number of hydrogen-bond donors (Lipinski definition) is 1. The summed E-state index contributed by atoms with van der Waals surface area (Å²) in [6.07, 6.45) is 1.21. The average molecular weight is 287 g/mol. The predicted molar refractivity (Wildman–Crippen MR) is 77.2 cm³/mol. The Morgan fingerprint density at radius 1 is 1.10 bits per heavy atom. The lowest BCUT2D eigenvalue weighted by atomic mass is 9.97. The Kier molecular flexibility index (Phi) is 3.11. The van der Waals surface area contributed by atoms with Crippen molar-refractivity contribution >= 4 is 17.3 Å². The zero-order valence-corrected chi connectivity index (χ0v) is 11.4. The van der Waals surface area contributed by atoms with E-state index >= 15 is 0 Å². The van der Waals surface area contributed by atoms with Crippen LogP contribution in [0, 0.1) is 17.1 Å². The predicted octanol–water partition coefficient (Wildman–Crippen LogP) is 3.95. The fourth-order valence-corrected chi connectivity index (χ4v) is 2.84. The quantitative estimate of drug-likeness (QED) is 0.907. The summed E-state index contributed by atoms with van der Waals surface area (Å²) in [6.45, 7) is 0. The van der Waals surface area contributed by atoms with Crippen LogP contribution in [0.15, 0.2) is 42.5 Å². The van der Waals surface area contributed by atoms with Crippen molar-refractivity contribution in [3.05, 3.63) is 64.4 Å². The lowest BCUT2D eigenvalue weighted by Gasteiger charge is -2.23. The van der Waals surface area contributed by atoms with Gasteiger partial charge in [0.05, 0.1) is 6.07 Å². The van der Waals surface area contributed by atoms with Gasteiger partial charge in [-0.05, 0) is 47.5 Å². The minimum Gasteiger partial charge on any atom is -0.367 e. The molecule has 1 aliphatic carbocycles. The van der Waals surface area contributed by atoms with Crippen LogP contribution < -0.4 is 5.32 Å². The molecular weight excluding hydrogens is 275 g/mol. The van der Waals surface area contributed by atoms with Gasteiger partial charge in [-0.25, -0.2) is 4.39 Å². The number of rotatable bonds is 2. The van der Waals surface area contributed by atoms with Gasteiger partial charge in [-0.15, -0.1) is 0 Å². The van der Waals surface area contributed by atoms with Crippen molar-refractivity contribution in [2.24, 2.45) is 0 Å². The molecule has 2 aromatic rings. The lowest BCUT2D eigenvalue weighted by molar-refractivity contribution is 0.620. The van der Waals surface area contributed by atoms with E-state index in [-0.39, 0.29) is 5.82 Å². The highest BCUT2D eigenvalue weighted by Gasteiger charge is 2.37. The number of fused-ring (bicyclic) bond motifs is 1. The molecule has 0 saturated heterocycles. The Morgan fingerprint density at radius 3 is 2.50 bits per heavy atom. The molecule has 1 aliphatic rings. The van der Waals surface area contributed by atoms with Gasteiger partial charge in [0.25, 0.3) is 0 Å². The summed E-state index contributed by atoms with van der Waals surface area (Å²) < 4.78 is 12.9. The van der Waals surface area contributed by atoms with Crippen LogP contribution in [0.25, 0.3) is 0 Å². The molecule has 0 fully saturated rings. The third kappa shape index (κ3) is 2.35. The van der Waals surface area contributed by atoms with Gasteiger partial charge in [0.15, 0.2) is 0 Å². The number of nitrogens with one attached hydrogen (secondary N) is 1. The maximum Gasteiger partial charge on any atom is 0.133 e. The second kappa shape index (κ2) is 4.81. The Balaban J connectivity index is 1.88. The molecule has 2 nitrogen and oxygen atoms in total. The third-order valence-corrected chi connectivity index (χ3v) is 3.83. The minimum atomic E-state index is -0.690. The Labute approximate surface area is 121 Å². The normalized spacial score (nSPS) is 20.2. The van der Waals surface area contributed by atoms with E-state index in [9.17, 15) is 9.65 Å². The highest BCUT2D eigenvalue weighted by molar-refractivity contribution is 6.30. The monoisotopic (exact) mass is 286 g/mol. The molecule has 4 heteroatoms. The van der Waals surface area contributed by atoms with Crippen molar-refractivity contribution in [3.8, 4) is 6.07 Å². The molecule has 3 rings (SSSR count). The second-order valence-corrected chi connectivity index (χ2v) is 5.53. The molecule has 0 aliphatic heterocycles. The van der Waals surface area contributed by atoms with Crippen LogP contribution in [0.5, 0.6) is 0 Å². The number of hydrogen-bond acceptors (Lipinski definition) is 2. The van der Waals surface area contributed by atoms with E-state index in [2.05, 4.69) is 11.4 Å². The fraction of sp³-hybridized carbons (Fsp3) is 0.188. The maximum absolute atomic E-state index is 12.9. The van der Waals surface area contributed by atoms with Crippen molar-refractivity contribution in [3.63, 3.8) is 0 Å². The smallest absolute Gasteiger partial charge is 0.133 e. The van der Waals surface area contributed by atoms with Crippen molar-refractivity contribution in [1.82, 2.24) is 0 Å². The van der Waals surface area contributed by atoms with E-state index in [4.69, 9.17) is 11.6 Å². The minimum absolute atomic E-state index is 0.289. The van der Waals surface area contributed by atoms with E-state index in [1.54, 1.807) is 12.1 Å². The Hall–Kier alpha value is -2.05. The van der Waals surface area contributed by atoms with Gasteiger partial charge in [-0.2, -0.15) is 5.26 Å². The number of benzene rings is 2. The van der Waals surface area contributed by atoms with Crippen LogP contribution in [-0.4, -0.2) is 5.54 Å². The summed E-state index contributed by atoms with van der Waals surface area (Å²) in [6, 6.07) is 14.1. The number of anilines is 1. The highest BCUT2D eigenvalue weighted by atomic mass is 35.5. The zero-order valence-electron chi connectivity index (χ0n) is 10.7. The van der Waals surface area contributed by atoms with Gasteiger partial charge in [0, 0.05) is 23.6 Å². The summed E-state index contributed by atoms with van der Waals surface area (Å²) in [7, 11) is 0. The number of nitrogens with zero attached hydrogens (tertiary/aromatic N) is 1. The summed E-state index contributed by atoms with van der Waals surface area (Å²) in [5, 5.41) is 13.5. The van der Waals surface area contributed by atoms with Crippen LogP contribution in [0.2, 0.25) is 5.02 Å². The molecular formula is C16H12ClFN2. The topological polar surface area (TPSA) is 35.8 Å². The molecule has 2 aromatic carbocycles. The molecule has 1 unspecified atom stereocenters. The van der Waals surface area contributed by atoms with Gasteiger partial charge in [0.2, 0.25) is 0 Å². The van der Waals surface area contributed by atoms with Gasteiger partial charge in [0.1, 0.15) is 11.4 Å². The van der Waals surface area contributed by atoms with Gasteiger partial charge in [-0.3, -0.25) is 0 Å². The third-order valence-electron chi connectivity index (χ3n) is 3.59. The molecule has 0 radical (unpaired) electrons. The molecule has 0 bridgehead atoms. The average Bonchev–Trinajstić information content (AvgIpc) is 2.79. The molecule has 0 saturated carbocycles. The van der Waals surface area contributed by atoms with Crippen LogP contribution in [0.4, 0.5) is 10.1 Å². The van der Waals surface area contributed by atoms with Crippen molar-refractivity contribution < 1.29 is 4.39 Å². The van der Waals surface area contributed by atoms with Crippen LogP contribution in [-0.2, 0) is 12.8 Å². The number of halogens is 2. The van der Waals surface area contributed by atoms with Gasteiger partial charge < -0.3 is 5.32 Å². The van der Waals surface area contributed by atoms with Crippen molar-refractivity contribution in [2.75, 3.05) is 5.32 Å². The first kappa shape index (κ1) is 13.0. The first-order valence-corrected chi connectivity index (χ1v) is 6.70. The van der Waals surface area contributed by atoms with E-state index in [1.165, 1.54) is 12.1 Å². The molecule has 100 valence electrons. The van der Waals surface area contributed by atoms with Crippen LogP contribution in [0.1, 0.15) is 11.1 Å². The van der Waals surface area contributed by atoms with Crippen molar-refractivity contribution in [2.45, 2.75) is 18.4 Å². The molecule has 0 amide bonds. The summed E-state index contributed by atoms with van der Waals surface area (Å²) in [4.78, 5) is 0. The van der Waals surface area contributed by atoms with E-state index in [0.717, 1.165) is 16.8 Å². The molecule has 1 N–H and O–H groups in total. The summed E-state index contributed by atoms with van der Waals surface area (Å²) >= 11 is 5.99. The standard InChI is InChI=1S/C16H12ClFN2/c17-13-2-1-11-8-16(10-19,9-12(11)7-13)20-15-5-3-14(18)4-6-15/h1-7,20H,8-9H2. The largest absolute Gasteiger partial charge is 0.367 e. The Bertz CT molecular complexity index is 691. The number of nitriles is 1. The molecule has 20 heavy (non-hydrogen) atoms. The molecule has 0 aromatic heterocycles. The zero-order chi connectivity index (χ0) is 14.2. The SMILES string of the molecule is N#CC1(Nc2ccc(F)cc2)Cc2ccc(Cl)cc2C1. The molecule has 1 atom stereocenters. The van der Waals surface area contributed by atoms with Gasteiger partial charge in [-0.1, -0.05) is 17.7 Å². The lowest BCUT2D eigenvalue weighted by Crippen LogP contribution is -2.37. The molecule has 0 spiro atoms. The summed E-state index contributed by atoms with van der Waals surface area (Å²) in [5.74, 6) is -0.289. The highest BCUT2D eigenvalue weighted by Crippen LogP contribution is 2.34. The van der Waals surface area contributed by atoms with Crippen molar-refractivity contribution in [1.29, 1.82) is 5.26 Å². The second-order valence-electron chi connectivity index (χ2n) is 5.09. The fourth-order valence-electron chi connectivity index (χ4n) is 2.65. The maximum atomic E-state index is 12.9. The summed E-state index contributed by atoms with van der Waals surface area (Å²) in [5.41, 5.74) is 2.27. The van der Waals surface area contributed by atoms with E-state index in [0.29, 0.717) is 17.9 Å². The Morgan fingerprint density at radius 2 is 1.80 bits per heavy atom. The van der Waals surface area contributed by atoms with Crippen LogP contribution >= 0.6 is 11.6 Å². The first-order valence-electron chi connectivity index (χ1n) is 6.33. The van der Waals surface area contributed by atoms with E-state index < -0.39 is 5.54 Å². The molecule has 0 heterocycles. The van der Waals surface area contributed by atoms with E-state index in [1.807, 2.05) is 18.2 Å². The van der Waals surface area contributed by atoms with Crippen LogP contribution in [0.3, 0.4) is 0 Å². The first-order chi connectivity index (χ1) is 9.60.